The van der Waals surface area contributed by atoms with Gasteiger partial charge >= 0.3 is 0 Å². The number of hydrogen-bond acceptors (Lipinski definition) is 3. The van der Waals surface area contributed by atoms with Gasteiger partial charge in [-0.15, -0.1) is 0 Å². The molecule has 1 aliphatic rings. The molecule has 0 bridgehead atoms. The van der Waals surface area contributed by atoms with Gasteiger partial charge in [0.05, 0.1) is 0 Å². The molecule has 1 fully saturated rings. The fourth-order valence-corrected chi connectivity index (χ4v) is 1.85. The minimum Gasteiger partial charge on any atom is -0.481 e. The Morgan fingerprint density at radius 2 is 2.24 bits per heavy atom. The van der Waals surface area contributed by atoms with Gasteiger partial charge < -0.3 is 10.1 Å². The quantitative estimate of drug-likeness (QED) is 0.806. The first-order valence-electron chi connectivity index (χ1n) is 5.79. The number of ether oxygens (including phenoxy) is 1. The van der Waals surface area contributed by atoms with E-state index in [4.69, 9.17) is 4.74 Å². The molecule has 1 aromatic rings. The molecular formula is C13H15NO3. The Balaban J connectivity index is 2.07. The summed E-state index contributed by atoms with van der Waals surface area (Å²) in [5, 5.41) is 2.81. The van der Waals surface area contributed by atoms with E-state index in [0.29, 0.717) is 17.9 Å². The van der Waals surface area contributed by atoms with E-state index in [1.165, 1.54) is 0 Å². The lowest BCUT2D eigenvalue weighted by molar-refractivity contribution is -0.127. The molecule has 0 aliphatic carbocycles. The highest BCUT2D eigenvalue weighted by molar-refractivity contribution is 5.81. The molecule has 1 unspecified atom stereocenters. The molecule has 1 aliphatic heterocycles. The van der Waals surface area contributed by atoms with E-state index in [0.717, 1.165) is 25.5 Å². The molecule has 1 aromatic carbocycles. The molecule has 0 radical (unpaired) electrons. The van der Waals surface area contributed by atoms with Gasteiger partial charge in [-0.2, -0.15) is 0 Å². The maximum absolute atomic E-state index is 11.7. The fraction of sp³-hybridized carbons (Fsp3) is 0.385. The first kappa shape index (κ1) is 11.6. The van der Waals surface area contributed by atoms with Crippen molar-refractivity contribution >= 4 is 12.2 Å². The Morgan fingerprint density at radius 3 is 3.06 bits per heavy atom. The molecular weight excluding hydrogens is 218 g/mol. The average molecular weight is 233 g/mol. The molecule has 0 saturated carbocycles. The molecule has 1 heterocycles. The first-order valence-corrected chi connectivity index (χ1v) is 5.79. The maximum atomic E-state index is 11.7. The monoisotopic (exact) mass is 233 g/mol. The zero-order valence-electron chi connectivity index (χ0n) is 9.52. The van der Waals surface area contributed by atoms with Crippen molar-refractivity contribution in [2.24, 2.45) is 0 Å². The van der Waals surface area contributed by atoms with Crippen molar-refractivity contribution < 1.29 is 14.3 Å². The van der Waals surface area contributed by atoms with E-state index in [2.05, 4.69) is 5.32 Å². The summed E-state index contributed by atoms with van der Waals surface area (Å²) in [6.45, 7) is 0.715. The maximum Gasteiger partial charge on any atom is 0.261 e. The fourth-order valence-electron chi connectivity index (χ4n) is 1.85. The summed E-state index contributed by atoms with van der Waals surface area (Å²) in [6, 6.07) is 6.84. The number of rotatable bonds is 3. The Labute approximate surface area is 100.0 Å². The van der Waals surface area contributed by atoms with Crippen molar-refractivity contribution in [2.75, 3.05) is 6.54 Å². The van der Waals surface area contributed by atoms with Gasteiger partial charge in [0.1, 0.15) is 12.0 Å². The number of amides is 1. The molecule has 4 nitrogen and oxygen atoms in total. The molecule has 90 valence electrons. The van der Waals surface area contributed by atoms with Crippen LogP contribution >= 0.6 is 0 Å². The second kappa shape index (κ2) is 5.48. The highest BCUT2D eigenvalue weighted by atomic mass is 16.5. The molecule has 0 spiro atoms. The zero-order valence-corrected chi connectivity index (χ0v) is 9.52. The molecule has 4 heteroatoms. The Kier molecular flexibility index (Phi) is 3.75. The van der Waals surface area contributed by atoms with Crippen LogP contribution in [0.4, 0.5) is 0 Å². The summed E-state index contributed by atoms with van der Waals surface area (Å²) in [7, 11) is 0. The summed E-state index contributed by atoms with van der Waals surface area (Å²) in [4.78, 5) is 22.3. The van der Waals surface area contributed by atoms with Crippen molar-refractivity contribution in [3.05, 3.63) is 29.8 Å². The van der Waals surface area contributed by atoms with E-state index < -0.39 is 6.10 Å². The predicted molar refractivity (Wildman–Crippen MR) is 63.1 cm³/mol. The van der Waals surface area contributed by atoms with Gasteiger partial charge in [0.25, 0.3) is 5.91 Å². The zero-order chi connectivity index (χ0) is 12.1. The van der Waals surface area contributed by atoms with Crippen LogP contribution in [0.1, 0.15) is 29.6 Å². The average Bonchev–Trinajstić information content (AvgIpc) is 2.55. The summed E-state index contributed by atoms with van der Waals surface area (Å²) >= 11 is 0. The topological polar surface area (TPSA) is 55.4 Å². The number of aldehydes is 1. The van der Waals surface area contributed by atoms with Crippen molar-refractivity contribution in [2.45, 2.75) is 25.4 Å². The number of carbonyl (C=O) groups is 2. The third kappa shape index (κ3) is 3.06. The van der Waals surface area contributed by atoms with E-state index in [1.807, 2.05) is 0 Å². The highest BCUT2D eigenvalue weighted by Gasteiger charge is 2.22. The molecule has 1 atom stereocenters. The molecule has 1 N–H and O–H groups in total. The second-order valence-electron chi connectivity index (χ2n) is 4.08. The van der Waals surface area contributed by atoms with Gasteiger partial charge in [-0.3, -0.25) is 9.59 Å². The summed E-state index contributed by atoms with van der Waals surface area (Å²) in [5.74, 6) is 0.496. The molecule has 1 saturated heterocycles. The van der Waals surface area contributed by atoms with Gasteiger partial charge in [-0.05, 0) is 31.4 Å². The van der Waals surface area contributed by atoms with Crippen molar-refractivity contribution in [3.8, 4) is 5.75 Å². The van der Waals surface area contributed by atoms with Gasteiger partial charge in [0, 0.05) is 12.1 Å². The van der Waals surface area contributed by atoms with Gasteiger partial charge in [0.15, 0.2) is 6.10 Å². The first-order chi connectivity index (χ1) is 8.29. The minimum absolute atomic E-state index is 0.0704. The summed E-state index contributed by atoms with van der Waals surface area (Å²) < 4.78 is 5.62. The number of benzene rings is 1. The third-order valence-corrected chi connectivity index (χ3v) is 2.76. The summed E-state index contributed by atoms with van der Waals surface area (Å²) in [5.41, 5.74) is 0.552. The van der Waals surface area contributed by atoms with Crippen LogP contribution in [0.2, 0.25) is 0 Å². The lowest BCUT2D eigenvalue weighted by Gasteiger charge is -2.15. The molecule has 0 aromatic heterocycles. The van der Waals surface area contributed by atoms with Crippen molar-refractivity contribution in [1.82, 2.24) is 5.32 Å². The predicted octanol–water partition coefficient (Wildman–Crippen LogP) is 1.55. The Bertz CT molecular complexity index is 417. The molecule has 2 rings (SSSR count). The van der Waals surface area contributed by atoms with Crippen LogP contribution in [0.15, 0.2) is 24.3 Å². The molecule has 1 amide bonds. The molecule has 17 heavy (non-hydrogen) atoms. The largest absolute Gasteiger partial charge is 0.481 e. The second-order valence-corrected chi connectivity index (χ2v) is 4.08. The summed E-state index contributed by atoms with van der Waals surface area (Å²) in [6.07, 6.45) is 2.99. The standard InChI is InChI=1S/C13H15NO3/c15-9-10-4-3-5-11(8-10)17-12-6-1-2-7-14-13(12)16/h3-5,8-9,12H,1-2,6-7H2,(H,14,16). The van der Waals surface area contributed by atoms with Crippen LogP contribution < -0.4 is 10.1 Å². The van der Waals surface area contributed by atoms with Crippen LogP contribution in [0.5, 0.6) is 5.75 Å². The smallest absolute Gasteiger partial charge is 0.261 e. The number of carbonyl (C=O) groups excluding carboxylic acids is 2. The van der Waals surface area contributed by atoms with Crippen molar-refractivity contribution in [1.29, 1.82) is 0 Å². The van der Waals surface area contributed by atoms with E-state index in [-0.39, 0.29) is 5.91 Å². The third-order valence-electron chi connectivity index (χ3n) is 2.76. The Hall–Kier alpha value is -1.84. The number of nitrogens with one attached hydrogen (secondary N) is 1. The van der Waals surface area contributed by atoms with Gasteiger partial charge in [-0.25, -0.2) is 0 Å². The van der Waals surface area contributed by atoms with Crippen LogP contribution in [0.25, 0.3) is 0 Å². The minimum atomic E-state index is -0.445. The number of hydrogen-bond donors (Lipinski definition) is 1. The van der Waals surface area contributed by atoms with Crippen molar-refractivity contribution in [3.63, 3.8) is 0 Å². The van der Waals surface area contributed by atoms with Crippen LogP contribution in [0.3, 0.4) is 0 Å². The van der Waals surface area contributed by atoms with E-state index in [9.17, 15) is 9.59 Å². The van der Waals surface area contributed by atoms with Gasteiger partial charge in [0.2, 0.25) is 0 Å². The highest BCUT2D eigenvalue weighted by Crippen LogP contribution is 2.17. The van der Waals surface area contributed by atoms with Crippen LogP contribution in [-0.2, 0) is 4.79 Å². The SMILES string of the molecule is O=Cc1cccc(OC2CCCCNC2=O)c1. The lowest BCUT2D eigenvalue weighted by atomic mass is 10.1. The normalized spacial score (nSPS) is 20.2. The van der Waals surface area contributed by atoms with Gasteiger partial charge in [-0.1, -0.05) is 12.1 Å². The van der Waals surface area contributed by atoms with E-state index >= 15 is 0 Å². The lowest BCUT2D eigenvalue weighted by Crippen LogP contribution is -2.36. The van der Waals surface area contributed by atoms with Crippen LogP contribution in [0, 0.1) is 0 Å². The Morgan fingerprint density at radius 1 is 1.35 bits per heavy atom. The van der Waals surface area contributed by atoms with E-state index in [1.54, 1.807) is 24.3 Å². The van der Waals surface area contributed by atoms with Crippen LogP contribution in [-0.4, -0.2) is 24.8 Å².